The summed E-state index contributed by atoms with van der Waals surface area (Å²) < 4.78 is 17.8. The third-order valence-electron chi connectivity index (χ3n) is 5.98. The summed E-state index contributed by atoms with van der Waals surface area (Å²) in [4.78, 5) is 26.1. The fourth-order valence-electron chi connectivity index (χ4n) is 4.17. The molecule has 192 valence electrons. The molecule has 0 spiro atoms. The van der Waals surface area contributed by atoms with Gasteiger partial charge >= 0.3 is 5.97 Å². The first-order valence-electron chi connectivity index (χ1n) is 11.8. The maximum atomic E-state index is 13.7. The minimum absolute atomic E-state index is 0.0717. The summed E-state index contributed by atoms with van der Waals surface area (Å²) in [6, 6.07) is 13.5. The SMILES string of the molecule is COC(=O)CC(c1ccc(OC(C)C)c(OC)c1)c1c(O)cc(C)n(CCc2ccc(O)cc2)c1=O. The lowest BCUT2D eigenvalue weighted by atomic mass is 9.88. The predicted octanol–water partition coefficient (Wildman–Crippen LogP) is 4.30. The molecule has 1 aromatic heterocycles. The number of nitrogens with zero attached hydrogens (tertiary/aromatic N) is 1. The van der Waals surface area contributed by atoms with Crippen LogP contribution in [0.1, 0.15) is 48.6 Å². The first-order chi connectivity index (χ1) is 17.1. The first-order valence-corrected chi connectivity index (χ1v) is 11.8. The highest BCUT2D eigenvalue weighted by Gasteiger charge is 2.27. The van der Waals surface area contributed by atoms with E-state index in [4.69, 9.17) is 14.2 Å². The molecule has 8 heteroatoms. The molecule has 1 atom stereocenters. The molecule has 0 saturated carbocycles. The second kappa shape index (κ2) is 11.7. The molecule has 3 rings (SSSR count). The largest absolute Gasteiger partial charge is 0.508 e. The van der Waals surface area contributed by atoms with E-state index in [1.807, 2.05) is 13.8 Å². The summed E-state index contributed by atoms with van der Waals surface area (Å²) in [5.41, 5.74) is 1.87. The summed E-state index contributed by atoms with van der Waals surface area (Å²) in [7, 11) is 2.80. The van der Waals surface area contributed by atoms with E-state index in [-0.39, 0.29) is 35.1 Å². The number of ether oxygens (including phenoxy) is 3. The molecule has 0 aliphatic carbocycles. The Hall–Kier alpha value is -3.94. The Morgan fingerprint density at radius 1 is 1.00 bits per heavy atom. The second-order valence-electron chi connectivity index (χ2n) is 8.87. The molecule has 0 bridgehead atoms. The Labute approximate surface area is 210 Å². The van der Waals surface area contributed by atoms with Crippen molar-refractivity contribution in [3.05, 3.63) is 81.3 Å². The van der Waals surface area contributed by atoms with E-state index >= 15 is 0 Å². The number of benzene rings is 2. The number of carbonyl (C=O) groups excluding carboxylic acids is 1. The number of aromatic hydroxyl groups is 2. The lowest BCUT2D eigenvalue weighted by Gasteiger charge is -2.22. The van der Waals surface area contributed by atoms with Crippen molar-refractivity contribution in [1.29, 1.82) is 0 Å². The quantitative estimate of drug-likeness (QED) is 0.404. The number of phenolic OH excluding ortho intramolecular Hbond substituents is 1. The molecule has 8 nitrogen and oxygen atoms in total. The van der Waals surface area contributed by atoms with Crippen LogP contribution in [0.3, 0.4) is 0 Å². The fraction of sp³-hybridized carbons (Fsp3) is 0.357. The minimum atomic E-state index is -0.771. The molecule has 3 aromatic rings. The maximum absolute atomic E-state index is 13.7. The molecule has 36 heavy (non-hydrogen) atoms. The lowest BCUT2D eigenvalue weighted by Crippen LogP contribution is -2.29. The molecule has 0 amide bonds. The predicted molar refractivity (Wildman–Crippen MR) is 136 cm³/mol. The number of esters is 1. The molecule has 0 radical (unpaired) electrons. The minimum Gasteiger partial charge on any atom is -0.508 e. The van der Waals surface area contributed by atoms with Crippen molar-refractivity contribution in [1.82, 2.24) is 4.57 Å². The van der Waals surface area contributed by atoms with E-state index in [1.165, 1.54) is 20.3 Å². The van der Waals surface area contributed by atoms with Gasteiger partial charge in [0.15, 0.2) is 11.5 Å². The van der Waals surface area contributed by atoms with E-state index in [0.29, 0.717) is 35.7 Å². The highest BCUT2D eigenvalue weighted by Crippen LogP contribution is 2.37. The number of pyridine rings is 1. The van der Waals surface area contributed by atoms with Crippen molar-refractivity contribution in [2.24, 2.45) is 0 Å². The number of carbonyl (C=O) groups is 1. The van der Waals surface area contributed by atoms with Gasteiger partial charge in [-0.25, -0.2) is 0 Å². The Morgan fingerprint density at radius 2 is 1.69 bits per heavy atom. The summed E-state index contributed by atoms with van der Waals surface area (Å²) in [6.07, 6.45) is 0.327. The summed E-state index contributed by atoms with van der Waals surface area (Å²) >= 11 is 0. The smallest absolute Gasteiger partial charge is 0.306 e. The molecule has 1 unspecified atom stereocenters. The van der Waals surface area contributed by atoms with Gasteiger partial charge in [0.05, 0.1) is 32.3 Å². The molecule has 0 aliphatic rings. The van der Waals surface area contributed by atoms with Gasteiger partial charge in [-0.15, -0.1) is 0 Å². The number of phenols is 1. The van der Waals surface area contributed by atoms with E-state index in [2.05, 4.69) is 0 Å². The Kier molecular flexibility index (Phi) is 8.64. The average molecular weight is 496 g/mol. The zero-order valence-electron chi connectivity index (χ0n) is 21.3. The van der Waals surface area contributed by atoms with Crippen molar-refractivity contribution in [2.45, 2.75) is 52.2 Å². The van der Waals surface area contributed by atoms with Gasteiger partial charge in [-0.05, 0) is 68.7 Å². The van der Waals surface area contributed by atoms with E-state index < -0.39 is 11.9 Å². The number of rotatable bonds is 10. The highest BCUT2D eigenvalue weighted by molar-refractivity contribution is 5.71. The third kappa shape index (κ3) is 6.19. The Bertz CT molecular complexity index is 1260. The number of methoxy groups -OCH3 is 2. The van der Waals surface area contributed by atoms with Gasteiger partial charge in [0.1, 0.15) is 11.5 Å². The van der Waals surface area contributed by atoms with Gasteiger partial charge in [-0.2, -0.15) is 0 Å². The normalized spacial score (nSPS) is 11.8. The Morgan fingerprint density at radius 3 is 2.31 bits per heavy atom. The van der Waals surface area contributed by atoms with Crippen LogP contribution in [0.15, 0.2) is 53.3 Å². The monoisotopic (exact) mass is 495 g/mol. The van der Waals surface area contributed by atoms with Gasteiger partial charge < -0.3 is 29.0 Å². The standard InChI is InChI=1S/C28H33NO7/c1-17(2)36-24-11-8-20(15-25(24)34-4)22(16-26(32)35-5)27-23(31)14-18(3)29(28(27)33)13-12-19-6-9-21(30)10-7-19/h6-11,14-15,17,22,30-31H,12-13,16H2,1-5H3. The number of hydrogen-bond donors (Lipinski definition) is 2. The topological polar surface area (TPSA) is 107 Å². The molecule has 0 aliphatic heterocycles. The summed E-state index contributed by atoms with van der Waals surface area (Å²) in [5.74, 6) is -0.314. The number of aromatic nitrogens is 1. The van der Waals surface area contributed by atoms with Crippen LogP contribution in [0.4, 0.5) is 0 Å². The van der Waals surface area contributed by atoms with Crippen molar-refractivity contribution in [3.63, 3.8) is 0 Å². The maximum Gasteiger partial charge on any atom is 0.306 e. The van der Waals surface area contributed by atoms with Crippen molar-refractivity contribution in [2.75, 3.05) is 14.2 Å². The first kappa shape index (κ1) is 26.7. The van der Waals surface area contributed by atoms with Crippen LogP contribution in [0, 0.1) is 6.92 Å². The van der Waals surface area contributed by atoms with Crippen LogP contribution in [0.2, 0.25) is 0 Å². The van der Waals surface area contributed by atoms with Gasteiger partial charge in [-0.1, -0.05) is 18.2 Å². The third-order valence-corrected chi connectivity index (χ3v) is 5.98. The number of hydrogen-bond acceptors (Lipinski definition) is 7. The zero-order chi connectivity index (χ0) is 26.4. The number of aryl methyl sites for hydroxylation is 2. The van der Waals surface area contributed by atoms with E-state index in [1.54, 1.807) is 54.0 Å². The average Bonchev–Trinajstić information content (AvgIpc) is 2.84. The molecular weight excluding hydrogens is 462 g/mol. The summed E-state index contributed by atoms with van der Waals surface area (Å²) in [6.45, 7) is 5.91. The second-order valence-corrected chi connectivity index (χ2v) is 8.87. The van der Waals surface area contributed by atoms with Crippen LogP contribution < -0.4 is 15.0 Å². The summed E-state index contributed by atoms with van der Waals surface area (Å²) in [5, 5.41) is 20.4. The molecule has 0 fully saturated rings. The van der Waals surface area contributed by atoms with Gasteiger partial charge in [0.25, 0.3) is 5.56 Å². The van der Waals surface area contributed by atoms with Crippen LogP contribution in [0.25, 0.3) is 0 Å². The van der Waals surface area contributed by atoms with E-state index in [0.717, 1.165) is 5.56 Å². The van der Waals surface area contributed by atoms with Crippen molar-refractivity contribution < 1.29 is 29.2 Å². The van der Waals surface area contributed by atoms with Gasteiger partial charge in [0, 0.05) is 18.2 Å². The zero-order valence-corrected chi connectivity index (χ0v) is 21.3. The van der Waals surface area contributed by atoms with Crippen LogP contribution >= 0.6 is 0 Å². The van der Waals surface area contributed by atoms with Crippen molar-refractivity contribution >= 4 is 5.97 Å². The fourth-order valence-corrected chi connectivity index (χ4v) is 4.17. The van der Waals surface area contributed by atoms with Crippen LogP contribution in [0.5, 0.6) is 23.0 Å². The molecule has 2 N–H and O–H groups in total. The van der Waals surface area contributed by atoms with E-state index in [9.17, 15) is 19.8 Å². The Balaban J connectivity index is 2.07. The molecular formula is C28H33NO7. The molecule has 1 heterocycles. The van der Waals surface area contributed by atoms with Gasteiger partial charge in [0.2, 0.25) is 0 Å². The van der Waals surface area contributed by atoms with Crippen LogP contribution in [-0.4, -0.2) is 41.1 Å². The van der Waals surface area contributed by atoms with Gasteiger partial charge in [-0.3, -0.25) is 9.59 Å². The van der Waals surface area contributed by atoms with Crippen molar-refractivity contribution in [3.8, 4) is 23.0 Å². The highest BCUT2D eigenvalue weighted by atomic mass is 16.5. The molecule has 0 saturated heterocycles. The van der Waals surface area contributed by atoms with Crippen LogP contribution in [-0.2, 0) is 22.5 Å². The molecule has 2 aromatic carbocycles. The lowest BCUT2D eigenvalue weighted by molar-refractivity contribution is -0.140.